The molecule has 0 fully saturated rings. The van der Waals surface area contributed by atoms with Crippen molar-refractivity contribution in [1.29, 1.82) is 0 Å². The highest BCUT2D eigenvalue weighted by Crippen LogP contribution is 2.27. The average molecular weight is 243 g/mol. The Balaban J connectivity index is 2.34. The molecule has 0 atom stereocenters. The molecule has 2 rings (SSSR count). The molecular formula is C15H17NO2. The minimum atomic E-state index is -0.477. The van der Waals surface area contributed by atoms with Crippen molar-refractivity contribution in [2.75, 3.05) is 5.73 Å². The Morgan fingerprint density at radius 1 is 1.06 bits per heavy atom. The quantitative estimate of drug-likeness (QED) is 0.781. The molecule has 0 radical (unpaired) electrons. The molecule has 18 heavy (non-hydrogen) atoms. The number of hydrogen-bond donors (Lipinski definition) is 1. The molecule has 2 aliphatic rings. The Bertz CT molecular complexity index is 521. The van der Waals surface area contributed by atoms with Gasteiger partial charge in [0.05, 0.1) is 5.56 Å². The van der Waals surface area contributed by atoms with Gasteiger partial charge in [-0.05, 0) is 56.2 Å². The summed E-state index contributed by atoms with van der Waals surface area (Å²) >= 11 is 0. The molecule has 0 unspecified atom stereocenters. The number of nitrogens with two attached hydrogens (primary N) is 1. The summed E-state index contributed by atoms with van der Waals surface area (Å²) in [7, 11) is 0. The van der Waals surface area contributed by atoms with Gasteiger partial charge in [0.2, 0.25) is 0 Å². The smallest absolute Gasteiger partial charge is 0.338 e. The fourth-order valence-electron chi connectivity index (χ4n) is 1.71. The van der Waals surface area contributed by atoms with Crippen molar-refractivity contribution in [3.05, 3.63) is 42.0 Å². The first-order valence-electron chi connectivity index (χ1n) is 5.88. The summed E-state index contributed by atoms with van der Waals surface area (Å²) in [6, 6.07) is 11.1. The van der Waals surface area contributed by atoms with Crippen LogP contribution in [-0.4, -0.2) is 11.6 Å². The summed E-state index contributed by atoms with van der Waals surface area (Å²) < 4.78 is 5.34. The molecule has 0 aliphatic heterocycles. The zero-order valence-corrected chi connectivity index (χ0v) is 10.9. The Morgan fingerprint density at radius 2 is 1.56 bits per heavy atom. The highest BCUT2D eigenvalue weighted by Gasteiger charge is 2.19. The van der Waals surface area contributed by atoms with Crippen molar-refractivity contribution >= 4 is 11.7 Å². The van der Waals surface area contributed by atoms with Gasteiger partial charge in [0.1, 0.15) is 5.60 Å². The van der Waals surface area contributed by atoms with E-state index in [1.165, 1.54) is 0 Å². The first-order chi connectivity index (χ1) is 8.35. The lowest BCUT2D eigenvalue weighted by atomic mass is 10.2. The molecule has 0 aromatic heterocycles. The van der Waals surface area contributed by atoms with E-state index in [4.69, 9.17) is 10.5 Å². The first-order valence-corrected chi connectivity index (χ1v) is 5.88. The van der Waals surface area contributed by atoms with Crippen LogP contribution in [0.3, 0.4) is 0 Å². The lowest BCUT2D eigenvalue weighted by Crippen LogP contribution is -2.23. The summed E-state index contributed by atoms with van der Waals surface area (Å²) in [5.74, 6) is -0.297. The number of carbonyl (C=O) groups is 1. The van der Waals surface area contributed by atoms with Crippen LogP contribution in [0.4, 0.5) is 5.69 Å². The second-order valence-electron chi connectivity index (χ2n) is 5.32. The van der Waals surface area contributed by atoms with Crippen molar-refractivity contribution in [1.82, 2.24) is 0 Å². The van der Waals surface area contributed by atoms with Crippen LogP contribution in [0.2, 0.25) is 0 Å². The Labute approximate surface area is 107 Å². The summed E-state index contributed by atoms with van der Waals surface area (Å²) in [4.78, 5) is 11.9. The van der Waals surface area contributed by atoms with Gasteiger partial charge in [-0.15, -0.1) is 0 Å². The van der Waals surface area contributed by atoms with Crippen LogP contribution in [0, 0.1) is 0 Å². The van der Waals surface area contributed by atoms with E-state index < -0.39 is 5.60 Å². The molecular weight excluding hydrogens is 226 g/mol. The lowest BCUT2D eigenvalue weighted by molar-refractivity contribution is 0.00701. The van der Waals surface area contributed by atoms with Crippen LogP contribution >= 0.6 is 0 Å². The van der Waals surface area contributed by atoms with Crippen molar-refractivity contribution in [3.8, 4) is 11.1 Å². The number of carbonyl (C=O) groups excluding carboxylic acids is 1. The van der Waals surface area contributed by atoms with Crippen LogP contribution in [0.5, 0.6) is 0 Å². The van der Waals surface area contributed by atoms with Gasteiger partial charge < -0.3 is 10.5 Å². The second kappa shape index (κ2) is 4.33. The number of hydrogen-bond acceptors (Lipinski definition) is 3. The molecule has 2 aliphatic carbocycles. The summed E-state index contributed by atoms with van der Waals surface area (Å²) in [5, 5.41) is 0. The van der Waals surface area contributed by atoms with E-state index in [2.05, 4.69) is 0 Å². The van der Waals surface area contributed by atoms with Gasteiger partial charge in [-0.25, -0.2) is 4.79 Å². The fraction of sp³-hybridized carbons (Fsp3) is 0.267. The summed E-state index contributed by atoms with van der Waals surface area (Å²) in [5.41, 5.74) is 8.46. The van der Waals surface area contributed by atoms with Crippen LogP contribution in [0.25, 0.3) is 11.1 Å². The molecule has 0 aromatic carbocycles. The van der Waals surface area contributed by atoms with E-state index in [1.807, 2.05) is 57.2 Å². The third-order valence-electron chi connectivity index (χ3n) is 2.50. The molecule has 0 saturated carbocycles. The minimum absolute atomic E-state index is 0.297. The summed E-state index contributed by atoms with van der Waals surface area (Å²) in [6.07, 6.45) is 0. The van der Waals surface area contributed by atoms with Gasteiger partial charge in [-0.1, -0.05) is 12.1 Å². The predicted molar refractivity (Wildman–Crippen MR) is 72.6 cm³/mol. The maximum atomic E-state index is 11.9. The molecule has 0 heterocycles. The van der Waals surface area contributed by atoms with Gasteiger partial charge in [-0.2, -0.15) is 0 Å². The van der Waals surface area contributed by atoms with Crippen molar-refractivity contribution in [2.45, 2.75) is 26.4 Å². The van der Waals surface area contributed by atoms with Crippen molar-refractivity contribution in [3.63, 3.8) is 0 Å². The van der Waals surface area contributed by atoms with Gasteiger partial charge >= 0.3 is 5.97 Å². The molecule has 3 heteroatoms. The SMILES string of the molecule is CC(C)(C)OC(=O)c1cc2ccc(N)ccc-2c1. The zero-order chi connectivity index (χ0) is 13.3. The number of fused-ring (bicyclic) bond motifs is 1. The monoisotopic (exact) mass is 243 g/mol. The lowest BCUT2D eigenvalue weighted by Gasteiger charge is -2.18. The Morgan fingerprint density at radius 3 is 2.00 bits per heavy atom. The van der Waals surface area contributed by atoms with Crippen LogP contribution in [0.1, 0.15) is 31.1 Å². The van der Waals surface area contributed by atoms with Crippen LogP contribution < -0.4 is 5.73 Å². The third kappa shape index (κ3) is 2.80. The Hall–Kier alpha value is -2.03. The normalized spacial score (nSPS) is 11.5. The zero-order valence-electron chi connectivity index (χ0n) is 10.9. The molecule has 0 amide bonds. The number of anilines is 1. The average Bonchev–Trinajstić information content (AvgIpc) is 2.57. The largest absolute Gasteiger partial charge is 0.456 e. The van der Waals surface area contributed by atoms with E-state index in [0.717, 1.165) is 11.1 Å². The Kier molecular flexibility index (Phi) is 2.99. The topological polar surface area (TPSA) is 52.3 Å². The van der Waals surface area contributed by atoms with Crippen molar-refractivity contribution < 1.29 is 9.53 Å². The molecule has 2 N–H and O–H groups in total. The third-order valence-corrected chi connectivity index (χ3v) is 2.50. The first kappa shape index (κ1) is 12.4. The molecule has 3 nitrogen and oxygen atoms in total. The van der Waals surface area contributed by atoms with Gasteiger partial charge in [0, 0.05) is 5.69 Å². The van der Waals surface area contributed by atoms with E-state index in [9.17, 15) is 4.79 Å². The molecule has 0 aromatic rings. The minimum Gasteiger partial charge on any atom is -0.456 e. The van der Waals surface area contributed by atoms with Gasteiger partial charge in [-0.3, -0.25) is 0 Å². The van der Waals surface area contributed by atoms with E-state index >= 15 is 0 Å². The maximum absolute atomic E-state index is 11.9. The highest BCUT2D eigenvalue weighted by molar-refractivity contribution is 5.94. The number of esters is 1. The highest BCUT2D eigenvalue weighted by atomic mass is 16.6. The van der Waals surface area contributed by atoms with Crippen molar-refractivity contribution in [2.24, 2.45) is 0 Å². The molecule has 0 spiro atoms. The van der Waals surface area contributed by atoms with E-state index in [1.54, 1.807) is 0 Å². The fourth-order valence-corrected chi connectivity index (χ4v) is 1.71. The van der Waals surface area contributed by atoms with Gasteiger partial charge in [0.25, 0.3) is 0 Å². The molecule has 94 valence electrons. The molecule has 0 saturated heterocycles. The van der Waals surface area contributed by atoms with Gasteiger partial charge in [0.15, 0.2) is 0 Å². The maximum Gasteiger partial charge on any atom is 0.338 e. The standard InChI is InChI=1S/C15H17NO2/c1-15(2,3)18-14(17)12-8-10-4-6-13(16)7-5-11(10)9-12/h4-9H,16H2,1-3H3. The van der Waals surface area contributed by atoms with E-state index in [0.29, 0.717) is 11.3 Å². The van der Waals surface area contributed by atoms with E-state index in [-0.39, 0.29) is 5.97 Å². The van der Waals surface area contributed by atoms with Crippen LogP contribution in [-0.2, 0) is 4.74 Å². The summed E-state index contributed by atoms with van der Waals surface area (Å²) in [6.45, 7) is 5.57. The van der Waals surface area contributed by atoms with Crippen LogP contribution in [0.15, 0.2) is 36.4 Å². The molecule has 0 bridgehead atoms. The number of rotatable bonds is 1. The predicted octanol–water partition coefficient (Wildman–Crippen LogP) is 3.33. The second-order valence-corrected chi connectivity index (χ2v) is 5.32. The number of nitrogen functional groups attached to an aromatic ring is 1. The number of ether oxygens (including phenoxy) is 1.